The van der Waals surface area contributed by atoms with Crippen molar-refractivity contribution in [3.63, 3.8) is 0 Å². The van der Waals surface area contributed by atoms with Crippen LogP contribution in [0, 0.1) is 0 Å². The quantitative estimate of drug-likeness (QED) is 0.563. The van der Waals surface area contributed by atoms with E-state index < -0.39 is 10.5 Å². The largest absolute Gasteiger partial charge is 0.467 e. The average molecular weight is 400 g/mol. The van der Waals surface area contributed by atoms with E-state index in [1.54, 1.807) is 12.3 Å². The predicted molar refractivity (Wildman–Crippen MR) is 104 cm³/mol. The second kappa shape index (κ2) is 8.46. The molecule has 0 atom stereocenters. The minimum atomic E-state index is -2.65. The molecule has 2 aromatic rings. The Hall–Kier alpha value is -1.90. The number of benzene rings is 1. The number of thiocarbonyl (C=S) groups is 1. The molecule has 0 bridgehead atoms. The molecular weight excluding hydrogens is 382 g/mol. The van der Waals surface area contributed by atoms with Crippen LogP contribution in [0.3, 0.4) is 0 Å². The van der Waals surface area contributed by atoms with Crippen molar-refractivity contribution in [1.82, 2.24) is 0 Å². The number of nitrogen functional groups attached to an aromatic ring is 1. The molecule has 0 amide bonds. The summed E-state index contributed by atoms with van der Waals surface area (Å²) in [6, 6.07) is 3.61. The number of nitrogens with one attached hydrogen (secondary N) is 1. The summed E-state index contributed by atoms with van der Waals surface area (Å²) in [4.78, 5) is -0.0507. The zero-order valence-electron chi connectivity index (χ0n) is 13.8. The van der Waals surface area contributed by atoms with E-state index in [-0.39, 0.29) is 4.99 Å². The Morgan fingerprint density at radius 1 is 1.36 bits per heavy atom. The van der Waals surface area contributed by atoms with E-state index in [1.165, 1.54) is 0 Å². The van der Waals surface area contributed by atoms with Gasteiger partial charge in [-0.2, -0.15) is 8.42 Å². The molecule has 1 heterocycles. The third kappa shape index (κ3) is 4.20. The van der Waals surface area contributed by atoms with Gasteiger partial charge in [0.05, 0.1) is 29.2 Å². The summed E-state index contributed by atoms with van der Waals surface area (Å²) in [5.74, 6) is 0.717. The van der Waals surface area contributed by atoms with Crippen LogP contribution in [0.5, 0.6) is 0 Å². The van der Waals surface area contributed by atoms with Gasteiger partial charge in [-0.05, 0) is 36.1 Å². The van der Waals surface area contributed by atoms with Gasteiger partial charge in [-0.3, -0.25) is 0 Å². The second-order valence-corrected chi connectivity index (χ2v) is 6.57. The average Bonchev–Trinajstić information content (AvgIpc) is 3.08. The molecule has 0 radical (unpaired) electrons. The number of nitrogens with zero attached hydrogens (tertiary/aromatic N) is 1. The van der Waals surface area contributed by atoms with Crippen molar-refractivity contribution in [3.8, 4) is 0 Å². The fourth-order valence-corrected chi connectivity index (χ4v) is 3.65. The maximum Gasteiger partial charge on any atom is 0.317 e. The summed E-state index contributed by atoms with van der Waals surface area (Å²) in [7, 11) is -2.65. The number of furan rings is 1. The van der Waals surface area contributed by atoms with Gasteiger partial charge >= 0.3 is 10.5 Å². The first kappa shape index (κ1) is 19.4. The Morgan fingerprint density at radius 2 is 2.04 bits per heavy atom. The molecule has 134 valence electrons. The molecule has 9 heteroatoms. The van der Waals surface area contributed by atoms with Crippen molar-refractivity contribution in [1.29, 1.82) is 0 Å². The lowest BCUT2D eigenvalue weighted by molar-refractivity contribution is 0.518. The van der Waals surface area contributed by atoms with E-state index in [4.69, 9.17) is 34.0 Å². The molecule has 0 fully saturated rings. The third-order valence-corrected chi connectivity index (χ3v) is 4.95. The lowest BCUT2D eigenvalue weighted by Crippen LogP contribution is -2.13. The highest BCUT2D eigenvalue weighted by Crippen LogP contribution is 2.39. The first-order chi connectivity index (χ1) is 11.9. The summed E-state index contributed by atoms with van der Waals surface area (Å²) in [5.41, 5.74) is 9.11. The van der Waals surface area contributed by atoms with Gasteiger partial charge in [0.25, 0.3) is 0 Å². The third-order valence-electron chi connectivity index (χ3n) is 3.78. The monoisotopic (exact) mass is 399 g/mol. The molecule has 3 N–H and O–H groups in total. The molecule has 0 aliphatic carbocycles. The van der Waals surface area contributed by atoms with Crippen molar-refractivity contribution in [3.05, 3.63) is 45.9 Å². The van der Waals surface area contributed by atoms with E-state index >= 15 is 0 Å². The highest BCUT2D eigenvalue weighted by molar-refractivity contribution is 7.81. The Kier molecular flexibility index (Phi) is 6.57. The van der Waals surface area contributed by atoms with Crippen LogP contribution in [0.4, 0.5) is 11.4 Å². The van der Waals surface area contributed by atoms with Gasteiger partial charge < -0.3 is 15.5 Å². The zero-order chi connectivity index (χ0) is 18.6. The van der Waals surface area contributed by atoms with Gasteiger partial charge in [0, 0.05) is 5.56 Å². The fraction of sp³-hybridized carbons (Fsp3) is 0.312. The van der Waals surface area contributed by atoms with Gasteiger partial charge in [0.1, 0.15) is 5.76 Å². The second-order valence-electron chi connectivity index (χ2n) is 5.19. The van der Waals surface area contributed by atoms with Gasteiger partial charge in [-0.1, -0.05) is 37.7 Å². The maximum atomic E-state index is 11.0. The molecule has 1 aromatic heterocycles. The highest BCUT2D eigenvalue weighted by atomic mass is 35.5. The topological polar surface area (TPSA) is 97.7 Å². The Labute approximate surface area is 158 Å². The van der Waals surface area contributed by atoms with Gasteiger partial charge in [0.2, 0.25) is 0 Å². The minimum Gasteiger partial charge on any atom is -0.467 e. The normalized spacial score (nSPS) is 10.5. The SMILES string of the molecule is CCc1c(Cl)c(N)c(CC)c(C(=S)N=S(=O)=O)c1NCc1ccco1. The number of halogens is 1. The highest BCUT2D eigenvalue weighted by Gasteiger charge is 2.23. The number of hydrogen-bond acceptors (Lipinski definition) is 6. The first-order valence-corrected chi connectivity index (χ1v) is 9.46. The molecule has 25 heavy (non-hydrogen) atoms. The first-order valence-electron chi connectivity index (χ1n) is 7.64. The smallest absolute Gasteiger partial charge is 0.317 e. The van der Waals surface area contributed by atoms with Crippen LogP contribution in [-0.2, 0) is 29.9 Å². The van der Waals surface area contributed by atoms with Gasteiger partial charge in [0.15, 0.2) is 4.99 Å². The molecular formula is C16H18ClN3O3S2. The number of hydrogen-bond donors (Lipinski definition) is 2. The van der Waals surface area contributed by atoms with Crippen LogP contribution in [0.15, 0.2) is 27.2 Å². The van der Waals surface area contributed by atoms with E-state index in [0.29, 0.717) is 52.7 Å². The van der Waals surface area contributed by atoms with Crippen molar-refractivity contribution in [2.75, 3.05) is 11.1 Å². The van der Waals surface area contributed by atoms with E-state index in [2.05, 4.69) is 9.68 Å². The van der Waals surface area contributed by atoms with Crippen LogP contribution >= 0.6 is 23.8 Å². The van der Waals surface area contributed by atoms with Crippen LogP contribution in [0.25, 0.3) is 0 Å². The van der Waals surface area contributed by atoms with Crippen LogP contribution < -0.4 is 11.1 Å². The molecule has 2 rings (SSSR count). The maximum absolute atomic E-state index is 11.0. The van der Waals surface area contributed by atoms with Gasteiger partial charge in [-0.15, -0.1) is 4.36 Å². The standard InChI is InChI=1S/C16H18ClN3O3S2/c1-3-10-12(16(24)20-25(21)22)15(11(4-2)13(17)14(10)18)19-8-9-6-5-7-23-9/h5-7,19H,3-4,8,18H2,1-2H3. The summed E-state index contributed by atoms with van der Waals surface area (Å²) in [6.45, 7) is 4.21. The molecule has 0 aliphatic rings. The lowest BCUT2D eigenvalue weighted by atomic mass is 9.95. The van der Waals surface area contributed by atoms with Crippen molar-refractivity contribution in [2.24, 2.45) is 4.36 Å². The lowest BCUT2D eigenvalue weighted by Gasteiger charge is -2.21. The number of anilines is 2. The molecule has 1 aromatic carbocycles. The van der Waals surface area contributed by atoms with E-state index in [9.17, 15) is 8.42 Å². The van der Waals surface area contributed by atoms with E-state index in [1.807, 2.05) is 19.9 Å². The minimum absolute atomic E-state index is 0.0507. The van der Waals surface area contributed by atoms with E-state index in [0.717, 1.165) is 5.56 Å². The molecule has 0 saturated carbocycles. The number of rotatable bonds is 6. The zero-order valence-corrected chi connectivity index (χ0v) is 16.2. The summed E-state index contributed by atoms with van der Waals surface area (Å²) in [5, 5.41) is 3.69. The fourth-order valence-electron chi connectivity index (χ4n) is 2.67. The van der Waals surface area contributed by atoms with Crippen LogP contribution in [0.2, 0.25) is 5.02 Å². The number of nitrogens with two attached hydrogens (primary N) is 1. The molecule has 0 saturated heterocycles. The molecule has 0 aliphatic heterocycles. The summed E-state index contributed by atoms with van der Waals surface area (Å²) >= 11 is 11.7. The Morgan fingerprint density at radius 3 is 2.56 bits per heavy atom. The summed E-state index contributed by atoms with van der Waals surface area (Å²) < 4.78 is 30.8. The van der Waals surface area contributed by atoms with Crippen molar-refractivity contribution < 1.29 is 12.8 Å². The molecule has 6 nitrogen and oxygen atoms in total. The molecule has 0 spiro atoms. The Bertz CT molecular complexity index is 915. The Balaban J connectivity index is 2.68. The van der Waals surface area contributed by atoms with Gasteiger partial charge in [-0.25, -0.2) is 0 Å². The van der Waals surface area contributed by atoms with Crippen LogP contribution in [0.1, 0.15) is 36.3 Å². The van der Waals surface area contributed by atoms with Crippen molar-refractivity contribution in [2.45, 2.75) is 33.2 Å². The molecule has 0 unspecified atom stereocenters. The van der Waals surface area contributed by atoms with Crippen LogP contribution in [-0.4, -0.2) is 13.4 Å². The summed E-state index contributed by atoms with van der Waals surface area (Å²) in [6.07, 6.45) is 2.69. The predicted octanol–water partition coefficient (Wildman–Crippen LogP) is 3.99. The van der Waals surface area contributed by atoms with Crippen molar-refractivity contribution >= 4 is 50.7 Å².